The van der Waals surface area contributed by atoms with Crippen LogP contribution in [0.3, 0.4) is 0 Å². The Morgan fingerprint density at radius 1 is 0.619 bits per heavy atom. The molecule has 1 aromatic heterocycles. The van der Waals surface area contributed by atoms with Gasteiger partial charge in [0.05, 0.1) is 16.4 Å². The Kier molecular flexibility index (Phi) is 6.21. The van der Waals surface area contributed by atoms with Gasteiger partial charge in [-0.2, -0.15) is 0 Å². The van der Waals surface area contributed by atoms with Crippen LogP contribution in [0.15, 0.2) is 137 Å². The van der Waals surface area contributed by atoms with E-state index in [-0.39, 0.29) is 0 Å². The van der Waals surface area contributed by atoms with Crippen LogP contribution in [-0.2, 0) is 0 Å². The molecule has 0 spiro atoms. The van der Waals surface area contributed by atoms with Crippen LogP contribution < -0.4 is 0 Å². The van der Waals surface area contributed by atoms with Gasteiger partial charge in [0.1, 0.15) is 0 Å². The first-order chi connectivity index (χ1) is 20.7. The zero-order chi connectivity index (χ0) is 28.0. The second-order valence-electron chi connectivity index (χ2n) is 10.6. The van der Waals surface area contributed by atoms with Crippen LogP contribution in [0.25, 0.3) is 47.4 Å². The molecule has 4 heteroatoms. The van der Waals surface area contributed by atoms with Crippen molar-refractivity contribution in [3.8, 4) is 0 Å². The van der Waals surface area contributed by atoms with Gasteiger partial charge < -0.3 is 0 Å². The molecule has 0 aliphatic carbocycles. The lowest BCUT2D eigenvalue weighted by Gasteiger charge is -2.15. The van der Waals surface area contributed by atoms with Crippen LogP contribution in [0.2, 0.25) is 5.02 Å². The molecule has 2 heterocycles. The first-order valence-electron chi connectivity index (χ1n) is 14.2. The molecule has 1 aliphatic rings. The molecule has 0 fully saturated rings. The topological polar surface area (TPSA) is 24.7 Å². The number of nitrogens with zero attached hydrogens (tertiary/aromatic N) is 2. The summed E-state index contributed by atoms with van der Waals surface area (Å²) in [7, 11) is 0. The van der Waals surface area contributed by atoms with Crippen molar-refractivity contribution in [3.63, 3.8) is 0 Å². The third-order valence-corrected chi connectivity index (χ3v) is 9.64. The van der Waals surface area contributed by atoms with Crippen LogP contribution in [0, 0.1) is 0 Å². The van der Waals surface area contributed by atoms with Crippen molar-refractivity contribution in [1.82, 2.24) is 0 Å². The monoisotopic (exact) mass is 576 g/mol. The number of amidine groups is 1. The van der Waals surface area contributed by atoms with Crippen molar-refractivity contribution in [2.24, 2.45) is 9.98 Å². The molecule has 0 atom stereocenters. The largest absolute Gasteiger partial charge is 0.232 e. The molecule has 0 bridgehead atoms. The van der Waals surface area contributed by atoms with Gasteiger partial charge in [0.25, 0.3) is 0 Å². The smallest absolute Gasteiger partial charge is 0.161 e. The van der Waals surface area contributed by atoms with Crippen molar-refractivity contribution >= 4 is 81.9 Å². The van der Waals surface area contributed by atoms with Crippen LogP contribution in [0.4, 0.5) is 0 Å². The van der Waals surface area contributed by atoms with E-state index >= 15 is 0 Å². The molecule has 6 aromatic carbocycles. The fourth-order valence-corrected chi connectivity index (χ4v) is 7.58. The fraction of sp³-hybridized carbons (Fsp3) is 0.0526. The summed E-state index contributed by atoms with van der Waals surface area (Å²) in [6.07, 6.45) is 3.88. The van der Waals surface area contributed by atoms with E-state index in [9.17, 15) is 0 Å². The number of halogens is 1. The van der Waals surface area contributed by atoms with Crippen molar-refractivity contribution in [1.29, 1.82) is 0 Å². The lowest BCUT2D eigenvalue weighted by molar-refractivity contribution is 1.09. The molecule has 0 N–H and O–H groups in total. The molecule has 2 nitrogen and oxygen atoms in total. The number of thiophene rings is 1. The summed E-state index contributed by atoms with van der Waals surface area (Å²) in [5, 5.41) is 7.85. The van der Waals surface area contributed by atoms with Gasteiger partial charge in [-0.25, -0.2) is 9.98 Å². The highest BCUT2D eigenvalue weighted by molar-refractivity contribution is 7.26. The Bertz CT molecular complexity index is 2260. The van der Waals surface area contributed by atoms with E-state index in [4.69, 9.17) is 21.6 Å². The molecule has 8 rings (SSSR count). The minimum absolute atomic E-state index is 0.639. The molecule has 1 aliphatic heterocycles. The lowest BCUT2D eigenvalue weighted by Crippen LogP contribution is -2.10. The van der Waals surface area contributed by atoms with E-state index in [1.807, 2.05) is 6.07 Å². The predicted octanol–water partition coefficient (Wildman–Crippen LogP) is 11.1. The summed E-state index contributed by atoms with van der Waals surface area (Å²) in [5.74, 6) is 0.639. The van der Waals surface area contributed by atoms with Gasteiger partial charge in [0, 0.05) is 25.7 Å². The summed E-state index contributed by atoms with van der Waals surface area (Å²) < 4.78 is 2.42. The Morgan fingerprint density at radius 2 is 1.38 bits per heavy atom. The Labute approximate surface area is 253 Å². The molecular formula is C38H25ClN2S. The van der Waals surface area contributed by atoms with E-state index in [0.717, 1.165) is 46.3 Å². The van der Waals surface area contributed by atoms with Gasteiger partial charge in [-0.15, -0.1) is 11.3 Å². The minimum Gasteiger partial charge on any atom is -0.232 e. The summed E-state index contributed by atoms with van der Waals surface area (Å²) in [6.45, 7) is 0. The molecule has 42 heavy (non-hydrogen) atoms. The Hall–Kier alpha value is -4.57. The van der Waals surface area contributed by atoms with Crippen molar-refractivity contribution < 1.29 is 0 Å². The molecule has 200 valence electrons. The van der Waals surface area contributed by atoms with Gasteiger partial charge in [-0.3, -0.25) is 0 Å². The van der Waals surface area contributed by atoms with Gasteiger partial charge in [-0.05, 0) is 63.7 Å². The summed E-state index contributed by atoms with van der Waals surface area (Å²) in [4.78, 5) is 10.5. The molecule has 7 aromatic rings. The number of allylic oxidation sites excluding steroid dienone is 1. The standard InChI is InChI=1S/C38H25ClN2S/c39-36-31(21-22-34-35(36)30-20-19-25-10-6-7-14-29(25)37(30)42-34)38-40-32(26-11-2-1-3-12-26)15-8-16-33(41-38)28-18-17-24-9-4-5-13-27(24)23-28/h1-7,9-15,17-23H,8,16H2/b32-15-,40-38-,41-33+. The first kappa shape index (κ1) is 25.2. The van der Waals surface area contributed by atoms with E-state index < -0.39 is 0 Å². The second kappa shape index (κ2) is 10.4. The first-order valence-corrected chi connectivity index (χ1v) is 15.4. The zero-order valence-corrected chi connectivity index (χ0v) is 24.3. The predicted molar refractivity (Wildman–Crippen MR) is 183 cm³/mol. The van der Waals surface area contributed by atoms with Gasteiger partial charge in [0.2, 0.25) is 0 Å². The highest BCUT2D eigenvalue weighted by Gasteiger charge is 2.19. The van der Waals surface area contributed by atoms with E-state index in [1.54, 1.807) is 11.3 Å². The number of hydrogen-bond donors (Lipinski definition) is 0. The van der Waals surface area contributed by atoms with Crippen molar-refractivity contribution in [2.75, 3.05) is 0 Å². The van der Waals surface area contributed by atoms with Crippen LogP contribution >= 0.6 is 22.9 Å². The quantitative estimate of drug-likeness (QED) is 0.200. The SMILES string of the molecule is Clc1c(C2=N/C(c3ccccc3)=C\CC/C(c3ccc4ccccc4c3)=N\2)ccc2sc3c4ccccc4ccc3c12. The number of benzene rings is 6. The Balaban J connectivity index is 1.35. The highest BCUT2D eigenvalue weighted by Crippen LogP contribution is 2.43. The van der Waals surface area contributed by atoms with Gasteiger partial charge in [-0.1, -0.05) is 121 Å². The molecule has 0 amide bonds. The number of aliphatic imine (C=N–C) groups is 2. The summed E-state index contributed by atoms with van der Waals surface area (Å²) >= 11 is 9.14. The molecule has 0 radical (unpaired) electrons. The van der Waals surface area contributed by atoms with E-state index in [2.05, 4.69) is 121 Å². The molecule has 0 saturated carbocycles. The normalized spacial score (nSPS) is 17.8. The second-order valence-corrected chi connectivity index (χ2v) is 12.0. The van der Waals surface area contributed by atoms with E-state index in [0.29, 0.717) is 10.9 Å². The van der Waals surface area contributed by atoms with Crippen LogP contribution in [-0.4, -0.2) is 11.5 Å². The molecule has 0 saturated heterocycles. The van der Waals surface area contributed by atoms with Crippen LogP contribution in [0.1, 0.15) is 29.5 Å². The number of hydrogen-bond acceptors (Lipinski definition) is 3. The van der Waals surface area contributed by atoms with E-state index in [1.165, 1.54) is 36.3 Å². The van der Waals surface area contributed by atoms with Gasteiger partial charge in [0.15, 0.2) is 5.84 Å². The number of fused-ring (bicyclic) bond motifs is 6. The summed E-state index contributed by atoms with van der Waals surface area (Å²) in [6, 6.07) is 42.6. The maximum atomic E-state index is 7.34. The van der Waals surface area contributed by atoms with Crippen molar-refractivity contribution in [2.45, 2.75) is 12.8 Å². The highest BCUT2D eigenvalue weighted by atomic mass is 35.5. The number of rotatable bonds is 3. The third kappa shape index (κ3) is 4.34. The molecule has 0 unspecified atom stereocenters. The average Bonchev–Trinajstić information content (AvgIpc) is 3.42. The Morgan fingerprint density at radius 3 is 2.26 bits per heavy atom. The molecular weight excluding hydrogens is 552 g/mol. The average molecular weight is 577 g/mol. The maximum absolute atomic E-state index is 7.34. The zero-order valence-electron chi connectivity index (χ0n) is 22.7. The van der Waals surface area contributed by atoms with Crippen LogP contribution in [0.5, 0.6) is 0 Å². The maximum Gasteiger partial charge on any atom is 0.161 e. The minimum atomic E-state index is 0.639. The third-order valence-electron chi connectivity index (χ3n) is 8.04. The van der Waals surface area contributed by atoms with Gasteiger partial charge >= 0.3 is 0 Å². The lowest BCUT2D eigenvalue weighted by atomic mass is 9.99. The fourth-order valence-electron chi connectivity index (χ4n) is 5.93. The summed E-state index contributed by atoms with van der Waals surface area (Å²) in [5.41, 5.74) is 4.97. The van der Waals surface area contributed by atoms with Crippen molar-refractivity contribution in [3.05, 3.63) is 149 Å².